The molecule has 2 N–H and O–H groups in total. The first-order valence-electron chi connectivity index (χ1n) is 7.51. The largest absolute Gasteiger partial charge is 0.492 e. The van der Waals surface area contributed by atoms with Gasteiger partial charge in [-0.05, 0) is 31.2 Å². The van der Waals surface area contributed by atoms with Crippen LogP contribution in [0.4, 0.5) is 5.13 Å². The van der Waals surface area contributed by atoms with E-state index in [9.17, 15) is 4.79 Å². The summed E-state index contributed by atoms with van der Waals surface area (Å²) in [6, 6.07) is 14.9. The third-order valence-electron chi connectivity index (χ3n) is 3.10. The summed E-state index contributed by atoms with van der Waals surface area (Å²) in [4.78, 5) is 16.3. The molecule has 0 unspecified atom stereocenters. The van der Waals surface area contributed by atoms with Crippen molar-refractivity contribution in [1.29, 1.82) is 0 Å². The fourth-order valence-electron chi connectivity index (χ4n) is 2.07. The molecule has 0 aliphatic rings. The van der Waals surface area contributed by atoms with E-state index in [1.807, 2.05) is 43.3 Å². The molecule has 3 aromatic rings. The Morgan fingerprint density at radius 3 is 2.75 bits per heavy atom. The number of anilines is 1. The highest BCUT2D eigenvalue weighted by atomic mass is 32.1. The molecule has 1 heterocycles. The van der Waals surface area contributed by atoms with E-state index in [1.54, 1.807) is 12.1 Å². The van der Waals surface area contributed by atoms with E-state index in [4.69, 9.17) is 9.47 Å². The van der Waals surface area contributed by atoms with Gasteiger partial charge in [0.05, 0.1) is 11.3 Å². The number of rotatable bonds is 7. The minimum Gasteiger partial charge on any atom is -0.492 e. The summed E-state index contributed by atoms with van der Waals surface area (Å²) in [7, 11) is 0. The van der Waals surface area contributed by atoms with Gasteiger partial charge in [-0.1, -0.05) is 35.6 Å². The van der Waals surface area contributed by atoms with Gasteiger partial charge in [0.2, 0.25) is 5.13 Å². The Bertz CT molecular complexity index is 820. The summed E-state index contributed by atoms with van der Waals surface area (Å²) >= 11 is 1.44. The highest BCUT2D eigenvalue weighted by molar-refractivity contribution is 7.22. The molecule has 1 aromatic heterocycles. The number of nitrogens with one attached hydrogen (secondary N) is 2. The van der Waals surface area contributed by atoms with Crippen LogP contribution in [0.3, 0.4) is 0 Å². The van der Waals surface area contributed by atoms with Crippen LogP contribution in [0.1, 0.15) is 6.92 Å². The van der Waals surface area contributed by atoms with Gasteiger partial charge in [0.25, 0.3) is 5.91 Å². The Labute approximate surface area is 143 Å². The molecule has 0 fully saturated rings. The average Bonchev–Trinajstić information content (AvgIpc) is 3.03. The summed E-state index contributed by atoms with van der Waals surface area (Å²) in [5, 5.41) is 0.588. The van der Waals surface area contributed by atoms with Crippen molar-refractivity contribution < 1.29 is 14.3 Å². The van der Waals surface area contributed by atoms with Gasteiger partial charge in [-0.15, -0.1) is 0 Å². The van der Waals surface area contributed by atoms with Crippen molar-refractivity contribution in [2.45, 2.75) is 6.92 Å². The molecular weight excluding hydrogens is 326 g/mol. The van der Waals surface area contributed by atoms with E-state index in [-0.39, 0.29) is 12.5 Å². The van der Waals surface area contributed by atoms with Crippen molar-refractivity contribution in [2.75, 3.05) is 18.6 Å². The van der Waals surface area contributed by atoms with Gasteiger partial charge in [0, 0.05) is 0 Å². The smallest absolute Gasteiger partial charge is 0.276 e. The number of nitrogens with zero attached hydrogens (tertiary/aromatic N) is 1. The second-order valence-corrected chi connectivity index (χ2v) is 5.86. The SMILES string of the molecule is CCOc1cccc2sc(NNC(=O)COc3ccccc3)nc12. The van der Waals surface area contributed by atoms with E-state index < -0.39 is 0 Å². The number of hydrogen-bond donors (Lipinski definition) is 2. The lowest BCUT2D eigenvalue weighted by molar-refractivity contribution is -0.122. The number of benzene rings is 2. The molecule has 0 aliphatic carbocycles. The Kier molecular flexibility index (Phi) is 5.12. The molecule has 0 atom stereocenters. The van der Waals surface area contributed by atoms with Gasteiger partial charge in [-0.2, -0.15) is 0 Å². The van der Waals surface area contributed by atoms with Crippen LogP contribution in [0.2, 0.25) is 0 Å². The van der Waals surface area contributed by atoms with Gasteiger partial charge >= 0.3 is 0 Å². The minimum absolute atomic E-state index is 0.0773. The lowest BCUT2D eigenvalue weighted by atomic mass is 10.3. The van der Waals surface area contributed by atoms with Gasteiger partial charge in [-0.3, -0.25) is 15.6 Å². The molecule has 0 radical (unpaired) electrons. The predicted molar refractivity (Wildman–Crippen MR) is 94.5 cm³/mol. The first-order valence-corrected chi connectivity index (χ1v) is 8.33. The van der Waals surface area contributed by atoms with Crippen LogP contribution < -0.4 is 20.3 Å². The summed E-state index contributed by atoms with van der Waals surface area (Å²) in [6.45, 7) is 2.43. The molecule has 3 rings (SSSR count). The van der Waals surface area contributed by atoms with Gasteiger partial charge < -0.3 is 9.47 Å². The number of hydrazine groups is 1. The number of para-hydroxylation sites is 2. The molecule has 24 heavy (non-hydrogen) atoms. The Balaban J connectivity index is 1.57. The maximum atomic E-state index is 11.8. The van der Waals surface area contributed by atoms with Crippen molar-refractivity contribution in [3.8, 4) is 11.5 Å². The fourth-order valence-corrected chi connectivity index (χ4v) is 2.91. The fraction of sp³-hybridized carbons (Fsp3) is 0.176. The third kappa shape index (κ3) is 3.94. The molecule has 1 amide bonds. The summed E-state index contributed by atoms with van der Waals surface area (Å²) in [5.41, 5.74) is 6.17. The molecule has 0 saturated heterocycles. The number of ether oxygens (including phenoxy) is 2. The highest BCUT2D eigenvalue weighted by Gasteiger charge is 2.09. The average molecular weight is 343 g/mol. The Morgan fingerprint density at radius 1 is 1.12 bits per heavy atom. The van der Waals surface area contributed by atoms with E-state index in [1.165, 1.54) is 11.3 Å². The van der Waals surface area contributed by atoms with E-state index in [2.05, 4.69) is 15.8 Å². The van der Waals surface area contributed by atoms with Crippen molar-refractivity contribution in [3.63, 3.8) is 0 Å². The van der Waals surface area contributed by atoms with Crippen LogP contribution in [0.25, 0.3) is 10.2 Å². The molecule has 0 saturated carbocycles. The maximum Gasteiger partial charge on any atom is 0.276 e. The van der Waals surface area contributed by atoms with E-state index in [0.29, 0.717) is 17.5 Å². The zero-order chi connectivity index (χ0) is 16.8. The molecule has 2 aromatic carbocycles. The number of carbonyl (C=O) groups is 1. The quantitative estimate of drug-likeness (QED) is 0.645. The van der Waals surface area contributed by atoms with E-state index in [0.717, 1.165) is 16.0 Å². The number of fused-ring (bicyclic) bond motifs is 1. The van der Waals surface area contributed by atoms with Gasteiger partial charge in [0.1, 0.15) is 17.0 Å². The first-order chi connectivity index (χ1) is 11.8. The minimum atomic E-state index is -0.289. The predicted octanol–water partition coefficient (Wildman–Crippen LogP) is 3.22. The topological polar surface area (TPSA) is 72.5 Å². The van der Waals surface area contributed by atoms with Crippen molar-refractivity contribution in [1.82, 2.24) is 10.4 Å². The van der Waals surface area contributed by atoms with Gasteiger partial charge in [0.15, 0.2) is 6.61 Å². The molecule has 0 bridgehead atoms. The molecule has 124 valence electrons. The van der Waals surface area contributed by atoms with Crippen molar-refractivity contribution >= 4 is 32.6 Å². The number of aromatic nitrogens is 1. The van der Waals surface area contributed by atoms with Crippen molar-refractivity contribution in [2.24, 2.45) is 0 Å². The zero-order valence-electron chi connectivity index (χ0n) is 13.1. The number of carbonyl (C=O) groups excluding carboxylic acids is 1. The molecule has 0 aliphatic heterocycles. The summed E-state index contributed by atoms with van der Waals surface area (Å²) in [5.74, 6) is 1.09. The van der Waals surface area contributed by atoms with Crippen LogP contribution in [0.5, 0.6) is 11.5 Å². The molecule has 6 nitrogen and oxygen atoms in total. The van der Waals surface area contributed by atoms with Crippen LogP contribution in [0, 0.1) is 0 Å². The lowest BCUT2D eigenvalue weighted by Crippen LogP contribution is -2.33. The molecule has 0 spiro atoms. The van der Waals surface area contributed by atoms with Crippen LogP contribution in [0.15, 0.2) is 48.5 Å². The van der Waals surface area contributed by atoms with Gasteiger partial charge in [-0.25, -0.2) is 4.98 Å². The Morgan fingerprint density at radius 2 is 1.96 bits per heavy atom. The summed E-state index contributed by atoms with van der Waals surface area (Å²) in [6.07, 6.45) is 0. The Hall–Kier alpha value is -2.80. The lowest BCUT2D eigenvalue weighted by Gasteiger charge is -2.07. The van der Waals surface area contributed by atoms with Crippen LogP contribution in [-0.2, 0) is 4.79 Å². The highest BCUT2D eigenvalue weighted by Crippen LogP contribution is 2.31. The van der Waals surface area contributed by atoms with Crippen LogP contribution in [-0.4, -0.2) is 24.1 Å². The number of hydrogen-bond acceptors (Lipinski definition) is 6. The molecule has 7 heteroatoms. The second-order valence-electron chi connectivity index (χ2n) is 4.83. The first kappa shape index (κ1) is 16.1. The number of amides is 1. The van der Waals surface area contributed by atoms with E-state index >= 15 is 0 Å². The number of thiazole rings is 1. The normalized spacial score (nSPS) is 10.4. The third-order valence-corrected chi connectivity index (χ3v) is 4.04. The standard InChI is InChI=1S/C17H17N3O3S/c1-2-22-13-9-6-10-14-16(13)18-17(24-14)20-19-15(21)11-23-12-7-4-3-5-8-12/h3-10H,2,11H2,1H3,(H,18,20)(H,19,21). The monoisotopic (exact) mass is 343 g/mol. The second kappa shape index (κ2) is 7.65. The molecular formula is C17H17N3O3S. The zero-order valence-corrected chi connectivity index (χ0v) is 13.9. The van der Waals surface area contributed by atoms with Crippen LogP contribution >= 0.6 is 11.3 Å². The summed E-state index contributed by atoms with van der Waals surface area (Å²) < 4.78 is 11.9. The van der Waals surface area contributed by atoms with Crippen molar-refractivity contribution in [3.05, 3.63) is 48.5 Å². The maximum absolute atomic E-state index is 11.8.